The van der Waals surface area contributed by atoms with Crippen molar-refractivity contribution in [3.05, 3.63) is 41.1 Å². The van der Waals surface area contributed by atoms with Gasteiger partial charge in [-0.25, -0.2) is 9.59 Å². The molecule has 0 fully saturated rings. The van der Waals surface area contributed by atoms with Gasteiger partial charge in [0.25, 0.3) is 0 Å². The Bertz CT molecular complexity index is 566. The second-order valence-electron chi connectivity index (χ2n) is 4.15. The summed E-state index contributed by atoms with van der Waals surface area (Å²) in [6.07, 6.45) is 0. The fraction of sp³-hybridized carbons (Fsp3) is 0.231. The van der Waals surface area contributed by atoms with Crippen molar-refractivity contribution >= 4 is 12.0 Å². The molecule has 3 N–H and O–H groups in total. The van der Waals surface area contributed by atoms with Crippen molar-refractivity contribution in [3.8, 4) is 5.75 Å². The summed E-state index contributed by atoms with van der Waals surface area (Å²) in [7, 11) is 1.53. The molecule has 0 spiro atoms. The zero-order valence-electron chi connectivity index (χ0n) is 10.6. The van der Waals surface area contributed by atoms with E-state index in [4.69, 9.17) is 4.74 Å². The van der Waals surface area contributed by atoms with Gasteiger partial charge in [0.05, 0.1) is 18.7 Å². The smallest absolute Gasteiger partial charge is 0.335 e. The van der Waals surface area contributed by atoms with Crippen LogP contribution in [0.15, 0.2) is 35.5 Å². The number of benzene rings is 1. The van der Waals surface area contributed by atoms with E-state index in [0.29, 0.717) is 17.0 Å². The molecule has 100 valence electrons. The van der Waals surface area contributed by atoms with E-state index in [2.05, 4.69) is 10.6 Å². The number of ether oxygens (including phenoxy) is 1. The summed E-state index contributed by atoms with van der Waals surface area (Å²) in [5, 5.41) is 14.3. The number of rotatable bonds is 3. The summed E-state index contributed by atoms with van der Waals surface area (Å²) in [4.78, 5) is 22.8. The van der Waals surface area contributed by atoms with Crippen LogP contribution in [0.5, 0.6) is 5.75 Å². The van der Waals surface area contributed by atoms with E-state index in [1.165, 1.54) is 7.11 Å². The van der Waals surface area contributed by atoms with E-state index in [9.17, 15) is 14.7 Å². The first-order chi connectivity index (χ1) is 9.02. The molecule has 0 aromatic heterocycles. The summed E-state index contributed by atoms with van der Waals surface area (Å²) in [6, 6.07) is 5.83. The van der Waals surface area contributed by atoms with Gasteiger partial charge in [-0.2, -0.15) is 0 Å². The lowest BCUT2D eigenvalue weighted by atomic mass is 9.95. The van der Waals surface area contributed by atoms with Crippen molar-refractivity contribution in [3.63, 3.8) is 0 Å². The first-order valence-electron chi connectivity index (χ1n) is 5.68. The Morgan fingerprint density at radius 3 is 2.79 bits per heavy atom. The minimum atomic E-state index is -1.07. The van der Waals surface area contributed by atoms with Crippen LogP contribution in [-0.2, 0) is 4.79 Å². The van der Waals surface area contributed by atoms with Crippen LogP contribution >= 0.6 is 0 Å². The molecule has 1 heterocycles. The van der Waals surface area contributed by atoms with Crippen LogP contribution in [0.4, 0.5) is 4.79 Å². The Morgan fingerprint density at radius 1 is 1.42 bits per heavy atom. The molecule has 2 rings (SSSR count). The number of hydrogen-bond donors (Lipinski definition) is 3. The number of carboxylic acid groups (broad SMARTS) is 1. The van der Waals surface area contributed by atoms with Crippen molar-refractivity contribution in [1.82, 2.24) is 10.6 Å². The van der Waals surface area contributed by atoms with Crippen molar-refractivity contribution in [2.24, 2.45) is 0 Å². The highest BCUT2D eigenvalue weighted by Crippen LogP contribution is 2.28. The quantitative estimate of drug-likeness (QED) is 0.768. The Kier molecular flexibility index (Phi) is 3.41. The number of hydrogen-bond acceptors (Lipinski definition) is 3. The van der Waals surface area contributed by atoms with Crippen LogP contribution in [0.3, 0.4) is 0 Å². The summed E-state index contributed by atoms with van der Waals surface area (Å²) in [5.41, 5.74) is 1.11. The summed E-state index contributed by atoms with van der Waals surface area (Å²) < 4.78 is 5.10. The molecule has 19 heavy (non-hydrogen) atoms. The molecule has 2 amide bonds. The number of nitrogens with one attached hydrogen (secondary N) is 2. The summed E-state index contributed by atoms with van der Waals surface area (Å²) in [6.45, 7) is 1.56. The molecule has 0 aliphatic carbocycles. The van der Waals surface area contributed by atoms with Gasteiger partial charge in [0.15, 0.2) is 0 Å². The number of aliphatic carboxylic acids is 1. The predicted molar refractivity (Wildman–Crippen MR) is 67.7 cm³/mol. The average Bonchev–Trinajstić information content (AvgIpc) is 2.37. The topological polar surface area (TPSA) is 87.7 Å². The van der Waals surface area contributed by atoms with Crippen molar-refractivity contribution in [1.29, 1.82) is 0 Å². The van der Waals surface area contributed by atoms with Crippen LogP contribution < -0.4 is 15.4 Å². The first-order valence-corrected chi connectivity index (χ1v) is 5.68. The molecule has 0 saturated heterocycles. The van der Waals surface area contributed by atoms with Gasteiger partial charge in [0.2, 0.25) is 0 Å². The Labute approximate surface area is 110 Å². The summed E-state index contributed by atoms with van der Waals surface area (Å²) >= 11 is 0. The molecule has 1 aromatic rings. The largest absolute Gasteiger partial charge is 0.497 e. The van der Waals surface area contributed by atoms with Crippen LogP contribution in [-0.4, -0.2) is 24.2 Å². The lowest BCUT2D eigenvalue weighted by Gasteiger charge is -2.27. The van der Waals surface area contributed by atoms with Crippen molar-refractivity contribution < 1.29 is 19.4 Å². The zero-order valence-corrected chi connectivity index (χ0v) is 10.6. The highest BCUT2D eigenvalue weighted by atomic mass is 16.5. The third-order valence-electron chi connectivity index (χ3n) is 2.93. The minimum absolute atomic E-state index is 0.118. The molecular formula is C13H14N2O4. The third-order valence-corrected chi connectivity index (χ3v) is 2.93. The van der Waals surface area contributed by atoms with Gasteiger partial charge in [-0.05, 0) is 24.6 Å². The molecule has 1 aliphatic rings. The Balaban J connectivity index is 2.48. The van der Waals surface area contributed by atoms with Crippen LogP contribution in [0.2, 0.25) is 0 Å². The molecule has 0 radical (unpaired) electrons. The zero-order chi connectivity index (χ0) is 14.0. The maximum absolute atomic E-state index is 11.5. The number of carbonyl (C=O) groups excluding carboxylic acids is 1. The molecule has 0 unspecified atom stereocenters. The number of amides is 2. The van der Waals surface area contributed by atoms with Gasteiger partial charge >= 0.3 is 12.0 Å². The minimum Gasteiger partial charge on any atom is -0.497 e. The van der Waals surface area contributed by atoms with Gasteiger partial charge in [0, 0.05) is 5.70 Å². The lowest BCUT2D eigenvalue weighted by molar-refractivity contribution is -0.133. The molecule has 1 atom stereocenters. The van der Waals surface area contributed by atoms with E-state index >= 15 is 0 Å². The van der Waals surface area contributed by atoms with Crippen LogP contribution in [0.1, 0.15) is 18.5 Å². The normalized spacial score (nSPS) is 18.6. The number of carbonyl (C=O) groups is 2. The van der Waals surface area contributed by atoms with Gasteiger partial charge in [-0.3, -0.25) is 0 Å². The van der Waals surface area contributed by atoms with Crippen LogP contribution in [0.25, 0.3) is 0 Å². The third kappa shape index (κ3) is 2.52. The SMILES string of the molecule is COc1cccc([C@H]2NC(=O)NC(C)=C2C(=O)O)c1. The second-order valence-corrected chi connectivity index (χ2v) is 4.15. The van der Waals surface area contributed by atoms with E-state index < -0.39 is 18.0 Å². The second kappa shape index (κ2) is 5.01. The van der Waals surface area contributed by atoms with E-state index in [1.54, 1.807) is 31.2 Å². The molecule has 6 nitrogen and oxygen atoms in total. The molecule has 1 aliphatic heterocycles. The number of carboxylic acids is 1. The molecule has 6 heteroatoms. The van der Waals surface area contributed by atoms with Crippen LogP contribution in [0, 0.1) is 0 Å². The number of urea groups is 1. The van der Waals surface area contributed by atoms with Gasteiger partial charge in [-0.15, -0.1) is 0 Å². The van der Waals surface area contributed by atoms with Gasteiger partial charge in [0.1, 0.15) is 5.75 Å². The van der Waals surface area contributed by atoms with Crippen molar-refractivity contribution in [2.45, 2.75) is 13.0 Å². The predicted octanol–water partition coefficient (Wildman–Crippen LogP) is 1.41. The van der Waals surface area contributed by atoms with E-state index in [1.807, 2.05) is 0 Å². The lowest BCUT2D eigenvalue weighted by Crippen LogP contribution is -2.45. The maximum Gasteiger partial charge on any atom is 0.335 e. The Hall–Kier alpha value is -2.50. The van der Waals surface area contributed by atoms with Gasteiger partial charge in [-0.1, -0.05) is 12.1 Å². The van der Waals surface area contributed by atoms with E-state index in [0.717, 1.165) is 0 Å². The molecular weight excluding hydrogens is 248 g/mol. The van der Waals surface area contributed by atoms with E-state index in [-0.39, 0.29) is 5.57 Å². The fourth-order valence-corrected chi connectivity index (χ4v) is 2.05. The molecule has 0 saturated carbocycles. The highest BCUT2D eigenvalue weighted by molar-refractivity contribution is 5.93. The van der Waals surface area contributed by atoms with Gasteiger partial charge < -0.3 is 20.5 Å². The highest BCUT2D eigenvalue weighted by Gasteiger charge is 2.31. The number of allylic oxidation sites excluding steroid dienone is 1. The standard InChI is InChI=1S/C13H14N2O4/c1-7-10(12(16)17)11(15-13(18)14-7)8-4-3-5-9(6-8)19-2/h3-6,11H,1-2H3,(H,16,17)(H2,14,15,18)/t11-/m1/s1. The summed E-state index contributed by atoms with van der Waals surface area (Å²) in [5.74, 6) is -0.467. The molecule has 1 aromatic carbocycles. The molecule has 0 bridgehead atoms. The monoisotopic (exact) mass is 262 g/mol. The fourth-order valence-electron chi connectivity index (χ4n) is 2.05. The maximum atomic E-state index is 11.5. The Morgan fingerprint density at radius 2 is 2.16 bits per heavy atom. The van der Waals surface area contributed by atoms with Crippen molar-refractivity contribution in [2.75, 3.05) is 7.11 Å². The number of methoxy groups -OCH3 is 1. The first kappa shape index (κ1) is 12.9. The average molecular weight is 262 g/mol.